The van der Waals surface area contributed by atoms with Crippen LogP contribution in [-0.4, -0.2) is 147 Å². The van der Waals surface area contributed by atoms with Gasteiger partial charge >= 0.3 is 12.2 Å². The average molecular weight is 1150 g/mol. The van der Waals surface area contributed by atoms with Crippen molar-refractivity contribution in [3.05, 3.63) is 75.2 Å². The van der Waals surface area contributed by atoms with Gasteiger partial charge in [-0.15, -0.1) is 11.3 Å². The van der Waals surface area contributed by atoms with Gasteiger partial charge < -0.3 is 65.4 Å². The van der Waals surface area contributed by atoms with Crippen molar-refractivity contribution >= 4 is 58.7 Å². The molecule has 0 spiro atoms. The standard InChI is InChI=1S/C57H87N9O14S/c1-9-19-66(50(69)28-38(8)11-3)47(36(4)5)32-48(78-20-10-2)55-63-46(35-81-55)53(71)62-42-29-40-14-17-43(67)31-44(40)45(30-42)52(70)64-65-57(74)79-27-26-77-25-24-76-23-22-75-21-18-59-56(73)80-34-39-12-15-41(16-13-39)61-49(68)33-60-54(72)51(58)37(6)7/h12-17,31,35-38,42,45,47-48,51,67H,9-11,18-30,32-34,58H2,1-8H3,(H,59,73)(H,60,72)(H,61,68)(H,62,71)(H,64,70)(H,65,74)/t38-,42-,45+,47?,48+,51?/m0/s1. The molecule has 1 aliphatic carbocycles. The molecule has 0 saturated carbocycles. The van der Waals surface area contributed by atoms with Gasteiger partial charge in [-0.2, -0.15) is 0 Å². The van der Waals surface area contributed by atoms with Gasteiger partial charge in [-0.3, -0.25) is 29.4 Å². The summed E-state index contributed by atoms with van der Waals surface area (Å²) in [5.41, 5.74) is 13.2. The number of thiazole rings is 1. The second-order valence-electron chi connectivity index (χ2n) is 20.7. The Hall–Kier alpha value is -6.44. The van der Waals surface area contributed by atoms with Crippen LogP contribution in [0.15, 0.2) is 47.8 Å². The van der Waals surface area contributed by atoms with Crippen LogP contribution in [-0.2, 0) is 60.6 Å². The van der Waals surface area contributed by atoms with Crippen LogP contribution >= 0.6 is 11.3 Å². The van der Waals surface area contributed by atoms with Gasteiger partial charge in [-0.05, 0) is 84.4 Å². The summed E-state index contributed by atoms with van der Waals surface area (Å²) in [6.45, 7) is 18.4. The normalized spacial score (nSPS) is 15.3. The molecule has 7 amide bonds. The third-order valence-electron chi connectivity index (χ3n) is 13.4. The SMILES string of the molecule is CCCO[C@H](CC(C(C)C)N(CCC)C(=O)C[C@@H](C)CC)c1nc(C(=O)N[C@H]2Cc3ccc(O)cc3[C@H](C(=O)NNC(=O)OCCOCCOCCOCCNC(=O)OCc3ccc(NC(=O)CNC(=O)C(N)C(C)C)cc3)C2)cs1. The van der Waals surface area contributed by atoms with E-state index >= 15 is 0 Å². The molecule has 2 unspecified atom stereocenters. The quantitative estimate of drug-likeness (QED) is 0.0247. The minimum atomic E-state index is -0.918. The van der Waals surface area contributed by atoms with Crippen molar-refractivity contribution in [3.8, 4) is 5.75 Å². The highest BCUT2D eigenvalue weighted by Gasteiger charge is 2.35. The van der Waals surface area contributed by atoms with Gasteiger partial charge in [0.15, 0.2) is 0 Å². The Bertz CT molecular complexity index is 2440. The highest BCUT2D eigenvalue weighted by Crippen LogP contribution is 2.35. The van der Waals surface area contributed by atoms with Crippen LogP contribution in [0, 0.1) is 17.8 Å². The first kappa shape index (κ1) is 67.1. The number of aromatic nitrogens is 1. The zero-order chi connectivity index (χ0) is 59.3. The van der Waals surface area contributed by atoms with Gasteiger partial charge in [0.1, 0.15) is 35.8 Å². The van der Waals surface area contributed by atoms with E-state index in [4.69, 9.17) is 39.1 Å². The summed E-state index contributed by atoms with van der Waals surface area (Å²) in [5, 5.41) is 23.5. The van der Waals surface area contributed by atoms with E-state index in [9.17, 15) is 38.7 Å². The Morgan fingerprint density at radius 1 is 0.802 bits per heavy atom. The number of nitrogens with zero attached hydrogens (tertiary/aromatic N) is 2. The summed E-state index contributed by atoms with van der Waals surface area (Å²) < 4.78 is 33.2. The molecular formula is C57H87N9O14S. The predicted molar refractivity (Wildman–Crippen MR) is 305 cm³/mol. The van der Waals surface area contributed by atoms with Crippen molar-refractivity contribution in [1.29, 1.82) is 0 Å². The summed E-state index contributed by atoms with van der Waals surface area (Å²) in [7, 11) is 0. The van der Waals surface area contributed by atoms with Crippen LogP contribution in [0.3, 0.4) is 0 Å². The zero-order valence-electron chi connectivity index (χ0n) is 48.3. The Morgan fingerprint density at radius 2 is 1.49 bits per heavy atom. The number of hydrogen-bond donors (Lipinski definition) is 8. The van der Waals surface area contributed by atoms with Crippen molar-refractivity contribution in [2.75, 3.05) is 77.8 Å². The predicted octanol–water partition coefficient (Wildman–Crippen LogP) is 6.01. The Labute approximate surface area is 480 Å². The molecule has 450 valence electrons. The lowest BCUT2D eigenvalue weighted by molar-refractivity contribution is -0.136. The van der Waals surface area contributed by atoms with E-state index < -0.39 is 59.9 Å². The van der Waals surface area contributed by atoms with Crippen LogP contribution in [0.2, 0.25) is 0 Å². The number of nitrogens with two attached hydrogens (primary N) is 1. The van der Waals surface area contributed by atoms with Crippen molar-refractivity contribution in [2.24, 2.45) is 23.5 Å². The maximum absolute atomic E-state index is 13.8. The van der Waals surface area contributed by atoms with Crippen molar-refractivity contribution in [3.63, 3.8) is 0 Å². The smallest absolute Gasteiger partial charge is 0.426 e. The van der Waals surface area contributed by atoms with Crippen molar-refractivity contribution in [2.45, 2.75) is 137 Å². The number of aromatic hydroxyl groups is 1. The summed E-state index contributed by atoms with van der Waals surface area (Å²) >= 11 is 1.34. The Balaban J connectivity index is 1.10. The summed E-state index contributed by atoms with van der Waals surface area (Å²) in [5.74, 6) is -2.17. The minimum Gasteiger partial charge on any atom is -0.508 e. The van der Waals surface area contributed by atoms with E-state index in [-0.39, 0.29) is 114 Å². The first-order valence-electron chi connectivity index (χ1n) is 28.1. The molecule has 23 nitrogen and oxygen atoms in total. The number of nitrogens with one attached hydrogen (secondary N) is 6. The largest absolute Gasteiger partial charge is 0.508 e. The van der Waals surface area contributed by atoms with E-state index in [0.717, 1.165) is 24.8 Å². The lowest BCUT2D eigenvalue weighted by Gasteiger charge is -2.37. The fourth-order valence-electron chi connectivity index (χ4n) is 8.64. The fourth-order valence-corrected chi connectivity index (χ4v) is 9.50. The maximum atomic E-state index is 13.8. The minimum absolute atomic E-state index is 0.00588. The van der Waals surface area contributed by atoms with E-state index in [0.29, 0.717) is 54.2 Å². The third-order valence-corrected chi connectivity index (χ3v) is 14.3. The van der Waals surface area contributed by atoms with E-state index in [2.05, 4.69) is 66.7 Å². The van der Waals surface area contributed by atoms with Crippen LogP contribution in [0.4, 0.5) is 15.3 Å². The number of carbonyl (C=O) groups is 7. The molecular weight excluding hydrogens is 1070 g/mol. The molecule has 0 aliphatic heterocycles. The average Bonchev–Trinajstić information content (AvgIpc) is 3.95. The number of amides is 7. The number of phenols is 1. The highest BCUT2D eigenvalue weighted by atomic mass is 32.1. The second kappa shape index (κ2) is 36.1. The number of anilines is 1. The number of hydrogen-bond acceptors (Lipinski definition) is 17. The molecule has 4 rings (SSSR count). The first-order chi connectivity index (χ1) is 38.8. The zero-order valence-corrected chi connectivity index (χ0v) is 49.1. The molecule has 1 aromatic heterocycles. The third kappa shape index (κ3) is 23.9. The Kier molecular flexibility index (Phi) is 29.9. The highest BCUT2D eigenvalue weighted by molar-refractivity contribution is 7.09. The molecule has 81 heavy (non-hydrogen) atoms. The summed E-state index contributed by atoms with van der Waals surface area (Å²) in [6.07, 6.45) is 2.13. The second-order valence-corrected chi connectivity index (χ2v) is 21.5. The monoisotopic (exact) mass is 1150 g/mol. The number of phenolic OH excluding ortho intramolecular Hbond substituents is 1. The summed E-state index contributed by atoms with van der Waals surface area (Å²) in [4.78, 5) is 96.6. The van der Waals surface area contributed by atoms with Gasteiger partial charge in [-0.1, -0.05) is 80.0 Å². The molecule has 9 N–H and O–H groups in total. The van der Waals surface area contributed by atoms with Gasteiger partial charge in [0, 0.05) is 55.7 Å². The fraction of sp³-hybridized carbons (Fsp3) is 0.614. The molecule has 0 saturated heterocycles. The van der Waals surface area contributed by atoms with Crippen molar-refractivity contribution in [1.82, 2.24) is 36.7 Å². The number of carbonyl (C=O) groups excluding carboxylic acids is 7. The van der Waals surface area contributed by atoms with Crippen LogP contribution in [0.1, 0.15) is 138 Å². The number of alkyl carbamates (subject to hydrolysis) is 1. The van der Waals surface area contributed by atoms with Crippen LogP contribution in [0.25, 0.3) is 0 Å². The van der Waals surface area contributed by atoms with Crippen molar-refractivity contribution < 1.29 is 67.1 Å². The molecule has 1 heterocycles. The number of benzene rings is 2. The maximum Gasteiger partial charge on any atom is 0.426 e. The van der Waals surface area contributed by atoms with Crippen LogP contribution in [0.5, 0.6) is 5.75 Å². The first-order valence-corrected chi connectivity index (χ1v) is 29.0. The molecule has 0 bridgehead atoms. The van der Waals surface area contributed by atoms with E-state index in [1.165, 1.54) is 23.5 Å². The van der Waals surface area contributed by atoms with Crippen LogP contribution < -0.4 is 37.9 Å². The van der Waals surface area contributed by atoms with E-state index in [1.54, 1.807) is 35.7 Å². The molecule has 1 aliphatic rings. The topological polar surface area (TPSA) is 309 Å². The lowest BCUT2D eigenvalue weighted by atomic mass is 9.79. The summed E-state index contributed by atoms with van der Waals surface area (Å²) in [6, 6.07) is 10.1. The molecule has 0 radical (unpaired) electrons. The lowest BCUT2D eigenvalue weighted by Crippen LogP contribution is -2.48. The molecule has 6 atom stereocenters. The Morgan fingerprint density at radius 3 is 2.15 bits per heavy atom. The molecule has 24 heteroatoms. The molecule has 2 aromatic carbocycles. The van der Waals surface area contributed by atoms with E-state index in [1.807, 2.05) is 25.7 Å². The molecule has 0 fully saturated rings. The van der Waals surface area contributed by atoms with Gasteiger partial charge in [0.25, 0.3) is 5.91 Å². The number of ether oxygens (including phenoxy) is 6. The molecule has 3 aromatic rings. The van der Waals surface area contributed by atoms with Gasteiger partial charge in [0.05, 0.1) is 58.1 Å². The number of fused-ring (bicyclic) bond motifs is 1. The van der Waals surface area contributed by atoms with Gasteiger partial charge in [-0.25, -0.2) is 20.0 Å². The number of rotatable bonds is 35. The van der Waals surface area contributed by atoms with Gasteiger partial charge in [0.2, 0.25) is 23.6 Å². The number of hydrazine groups is 1.